The summed E-state index contributed by atoms with van der Waals surface area (Å²) in [7, 11) is -4.10. The van der Waals surface area contributed by atoms with E-state index in [2.05, 4.69) is 0 Å². The summed E-state index contributed by atoms with van der Waals surface area (Å²) in [4.78, 5) is -0.513. The van der Waals surface area contributed by atoms with Crippen LogP contribution in [-0.4, -0.2) is 24.7 Å². The van der Waals surface area contributed by atoms with Gasteiger partial charge in [0.15, 0.2) is 9.84 Å². The van der Waals surface area contributed by atoms with Gasteiger partial charge in [0, 0.05) is 23.6 Å². The van der Waals surface area contributed by atoms with E-state index in [9.17, 15) is 26.7 Å². The minimum Gasteiger partial charge on any atom is -0.457 e. The second-order valence-corrected chi connectivity index (χ2v) is 8.45. The molecule has 0 saturated heterocycles. The van der Waals surface area contributed by atoms with Crippen LogP contribution in [0.25, 0.3) is 0 Å². The molecule has 2 aromatic carbocycles. The molecule has 10 heteroatoms. The average Bonchev–Trinajstić information content (AvgIpc) is 2.85. The molecule has 3 rings (SSSR count). The number of rotatable bonds is 4. The molecule has 0 spiro atoms. The number of benzene rings is 2. The molecule has 2 aromatic rings. The van der Waals surface area contributed by atoms with Crippen LogP contribution < -0.4 is 4.74 Å². The molecule has 0 aliphatic heterocycles. The smallest absolute Gasteiger partial charge is 0.281 e. The van der Waals surface area contributed by atoms with Gasteiger partial charge in [-0.25, -0.2) is 21.6 Å². The predicted octanol–water partition coefficient (Wildman–Crippen LogP) is 3.68. The standard InChI is InChI=1S/C17H11ClF3NO4S/c18-8-27(24,25)14-2-1-13(12-6-17(20,21)16(23)15(12)14)26-11-4-9(7-22)3-10(19)5-11/h1-5,16,23H,6,8H2. The van der Waals surface area contributed by atoms with E-state index in [1.54, 1.807) is 6.07 Å². The van der Waals surface area contributed by atoms with E-state index < -0.39 is 49.8 Å². The van der Waals surface area contributed by atoms with Gasteiger partial charge in [0.1, 0.15) is 28.6 Å². The lowest BCUT2D eigenvalue weighted by atomic mass is 10.1. The number of hydrogen-bond acceptors (Lipinski definition) is 5. The molecule has 142 valence electrons. The molecule has 1 aliphatic rings. The lowest BCUT2D eigenvalue weighted by molar-refractivity contribution is -0.0976. The fourth-order valence-corrected chi connectivity index (χ4v) is 4.20. The molecule has 0 radical (unpaired) electrons. The lowest BCUT2D eigenvalue weighted by Gasteiger charge is -2.16. The third-order valence-electron chi connectivity index (χ3n) is 4.07. The van der Waals surface area contributed by atoms with Crippen LogP contribution >= 0.6 is 11.6 Å². The van der Waals surface area contributed by atoms with Crippen LogP contribution in [0.2, 0.25) is 0 Å². The highest BCUT2D eigenvalue weighted by atomic mass is 35.5. The van der Waals surface area contributed by atoms with Crippen LogP contribution in [0.3, 0.4) is 0 Å². The molecule has 0 amide bonds. The third-order valence-corrected chi connectivity index (χ3v) is 6.24. The third kappa shape index (κ3) is 3.48. The Balaban J connectivity index is 2.15. The number of fused-ring (bicyclic) bond motifs is 1. The average molecular weight is 418 g/mol. The topological polar surface area (TPSA) is 87.4 Å². The fraction of sp³-hybridized carbons (Fsp3) is 0.235. The molecule has 0 bridgehead atoms. The lowest BCUT2D eigenvalue weighted by Crippen LogP contribution is -2.22. The van der Waals surface area contributed by atoms with E-state index in [1.807, 2.05) is 0 Å². The number of nitriles is 1. The van der Waals surface area contributed by atoms with E-state index in [0.29, 0.717) is 0 Å². The monoisotopic (exact) mass is 417 g/mol. The highest BCUT2D eigenvalue weighted by Crippen LogP contribution is 2.49. The summed E-state index contributed by atoms with van der Waals surface area (Å²) >= 11 is 5.41. The highest BCUT2D eigenvalue weighted by Gasteiger charge is 2.50. The number of sulfone groups is 1. The van der Waals surface area contributed by atoms with Crippen molar-refractivity contribution in [2.75, 3.05) is 5.21 Å². The van der Waals surface area contributed by atoms with Gasteiger partial charge in [0.05, 0.1) is 16.5 Å². The van der Waals surface area contributed by atoms with Gasteiger partial charge >= 0.3 is 0 Å². The second kappa shape index (κ2) is 6.71. The molecule has 0 aromatic heterocycles. The maximum absolute atomic E-state index is 14.1. The van der Waals surface area contributed by atoms with Crippen molar-refractivity contribution in [1.29, 1.82) is 5.26 Å². The molecule has 1 N–H and O–H groups in total. The van der Waals surface area contributed by atoms with Crippen LogP contribution in [0.4, 0.5) is 13.2 Å². The summed E-state index contributed by atoms with van der Waals surface area (Å²) in [6, 6.07) is 6.96. The van der Waals surface area contributed by atoms with Gasteiger partial charge in [-0.2, -0.15) is 5.26 Å². The van der Waals surface area contributed by atoms with Gasteiger partial charge in [0.25, 0.3) is 5.92 Å². The largest absolute Gasteiger partial charge is 0.457 e. The number of nitrogens with zero attached hydrogens (tertiary/aromatic N) is 1. The SMILES string of the molecule is N#Cc1cc(F)cc(Oc2ccc(S(=O)(=O)CCl)c3c2CC(F)(F)C3O)c1. The van der Waals surface area contributed by atoms with Crippen molar-refractivity contribution in [3.8, 4) is 17.6 Å². The van der Waals surface area contributed by atoms with Crippen LogP contribution in [0.1, 0.15) is 22.8 Å². The first-order valence-electron chi connectivity index (χ1n) is 7.48. The van der Waals surface area contributed by atoms with Gasteiger partial charge in [0.2, 0.25) is 0 Å². The molecule has 27 heavy (non-hydrogen) atoms. The predicted molar refractivity (Wildman–Crippen MR) is 89.1 cm³/mol. The van der Waals surface area contributed by atoms with Crippen molar-refractivity contribution in [1.82, 2.24) is 0 Å². The normalized spacial score (nSPS) is 18.0. The number of aliphatic hydroxyl groups excluding tert-OH is 1. The molecule has 5 nitrogen and oxygen atoms in total. The molecule has 1 aliphatic carbocycles. The Hall–Kier alpha value is -2.28. The van der Waals surface area contributed by atoms with Gasteiger partial charge < -0.3 is 9.84 Å². The van der Waals surface area contributed by atoms with Crippen LogP contribution in [0.15, 0.2) is 35.2 Å². The quantitative estimate of drug-likeness (QED) is 0.767. The highest BCUT2D eigenvalue weighted by molar-refractivity contribution is 7.92. The minimum atomic E-state index is -4.10. The summed E-state index contributed by atoms with van der Waals surface area (Å²) in [6.45, 7) is 0. The van der Waals surface area contributed by atoms with E-state index in [4.69, 9.17) is 21.6 Å². The van der Waals surface area contributed by atoms with Crippen molar-refractivity contribution in [3.05, 3.63) is 52.8 Å². The molecule has 1 unspecified atom stereocenters. The molecule has 0 fully saturated rings. The second-order valence-electron chi connectivity index (χ2n) is 5.91. The Kier molecular flexibility index (Phi) is 4.84. The van der Waals surface area contributed by atoms with E-state index in [-0.39, 0.29) is 22.6 Å². The number of hydrogen-bond donors (Lipinski definition) is 1. The van der Waals surface area contributed by atoms with Crippen molar-refractivity contribution in [2.24, 2.45) is 0 Å². The first-order valence-corrected chi connectivity index (χ1v) is 9.66. The Morgan fingerprint density at radius 2 is 2.04 bits per heavy atom. The molecular formula is C17H11ClF3NO4S. The Morgan fingerprint density at radius 1 is 1.33 bits per heavy atom. The zero-order valence-electron chi connectivity index (χ0n) is 13.4. The Morgan fingerprint density at radius 3 is 2.67 bits per heavy atom. The van der Waals surface area contributed by atoms with Crippen molar-refractivity contribution >= 4 is 21.4 Å². The van der Waals surface area contributed by atoms with Gasteiger partial charge in [-0.1, -0.05) is 0 Å². The summed E-state index contributed by atoms with van der Waals surface area (Å²) in [5, 5.41) is 18.0. The summed E-state index contributed by atoms with van der Waals surface area (Å²) in [6.07, 6.45) is -3.32. The Bertz CT molecular complexity index is 1070. The van der Waals surface area contributed by atoms with Gasteiger partial charge in [-0.05, 0) is 24.3 Å². The Labute approximate surface area is 157 Å². The zero-order chi connectivity index (χ0) is 20.0. The summed E-state index contributed by atoms with van der Waals surface area (Å²) < 4.78 is 71.3. The number of ether oxygens (including phenoxy) is 1. The minimum absolute atomic E-state index is 0.0478. The van der Waals surface area contributed by atoms with E-state index >= 15 is 0 Å². The molecule has 0 saturated carbocycles. The first-order chi connectivity index (χ1) is 12.6. The number of alkyl halides is 3. The summed E-state index contributed by atoms with van der Waals surface area (Å²) in [5.41, 5.74) is -0.759. The van der Waals surface area contributed by atoms with Crippen molar-refractivity contribution in [2.45, 2.75) is 23.3 Å². The summed E-state index contributed by atoms with van der Waals surface area (Å²) in [5.74, 6) is -4.69. The fourth-order valence-electron chi connectivity index (χ4n) is 2.89. The van der Waals surface area contributed by atoms with Crippen molar-refractivity contribution < 1.29 is 31.4 Å². The zero-order valence-corrected chi connectivity index (χ0v) is 15.0. The maximum atomic E-state index is 14.1. The van der Waals surface area contributed by atoms with E-state index in [0.717, 1.165) is 24.3 Å². The molecular weight excluding hydrogens is 407 g/mol. The number of aliphatic hydroxyl groups is 1. The molecule has 0 heterocycles. The van der Waals surface area contributed by atoms with Crippen molar-refractivity contribution in [3.63, 3.8) is 0 Å². The van der Waals surface area contributed by atoms with Gasteiger partial charge in [-0.3, -0.25) is 0 Å². The van der Waals surface area contributed by atoms with E-state index in [1.165, 1.54) is 6.07 Å². The van der Waals surface area contributed by atoms with Crippen LogP contribution in [-0.2, 0) is 16.3 Å². The maximum Gasteiger partial charge on any atom is 0.281 e. The number of halogens is 4. The van der Waals surface area contributed by atoms with Crippen LogP contribution in [0, 0.1) is 17.1 Å². The molecule has 1 atom stereocenters. The first kappa shape index (κ1) is 19.5. The van der Waals surface area contributed by atoms with Gasteiger partial charge in [-0.15, -0.1) is 11.6 Å². The van der Waals surface area contributed by atoms with Crippen LogP contribution in [0.5, 0.6) is 11.5 Å².